The third kappa shape index (κ3) is 5.69. The van der Waals surface area contributed by atoms with Gasteiger partial charge in [0.2, 0.25) is 0 Å². The predicted molar refractivity (Wildman–Crippen MR) is 114 cm³/mol. The first kappa shape index (κ1) is 25.5. The first-order valence-corrected chi connectivity index (χ1v) is 10.5. The van der Waals surface area contributed by atoms with Crippen LogP contribution in [0, 0.1) is 0 Å². The summed E-state index contributed by atoms with van der Waals surface area (Å²) in [6.45, 7) is -0.133. The quantitative estimate of drug-likeness (QED) is 0.397. The summed E-state index contributed by atoms with van der Waals surface area (Å²) >= 11 is 6.25. The summed E-state index contributed by atoms with van der Waals surface area (Å²) in [6.07, 6.45) is -8.63. The Kier molecular flexibility index (Phi) is 7.25. The number of likely N-dealkylation sites (tertiary alicyclic amines) is 1. The van der Waals surface area contributed by atoms with Gasteiger partial charge < -0.3 is 21.7 Å². The van der Waals surface area contributed by atoms with Gasteiger partial charge in [0, 0.05) is 18.1 Å². The number of alkyl halides is 6. The van der Waals surface area contributed by atoms with Crippen LogP contribution in [0.2, 0.25) is 5.02 Å². The van der Waals surface area contributed by atoms with Crippen LogP contribution in [0.3, 0.4) is 0 Å². The number of nitrogens with one attached hydrogen (secondary N) is 1. The molecular formula is C22H21ClF6N4O. The maximum atomic E-state index is 13.0. The molecule has 0 bridgehead atoms. The zero-order chi connectivity index (χ0) is 25.3. The highest BCUT2D eigenvalue weighted by atomic mass is 35.5. The van der Waals surface area contributed by atoms with Gasteiger partial charge in [0.1, 0.15) is 11.5 Å². The van der Waals surface area contributed by atoms with Crippen molar-refractivity contribution in [2.75, 3.05) is 6.54 Å². The van der Waals surface area contributed by atoms with Crippen LogP contribution in [0.4, 0.5) is 26.3 Å². The third-order valence-electron chi connectivity index (χ3n) is 5.43. The van der Waals surface area contributed by atoms with Crippen molar-refractivity contribution in [3.8, 4) is 0 Å². The Morgan fingerprint density at radius 3 is 2.18 bits per heavy atom. The number of carbonyl (C=O) groups excluding carboxylic acids is 1. The van der Waals surface area contributed by atoms with Crippen molar-refractivity contribution in [3.63, 3.8) is 0 Å². The Balaban J connectivity index is 1.80. The van der Waals surface area contributed by atoms with Crippen LogP contribution in [0.25, 0.3) is 0 Å². The van der Waals surface area contributed by atoms with Crippen molar-refractivity contribution in [3.05, 3.63) is 81.3 Å². The Labute approximate surface area is 196 Å². The van der Waals surface area contributed by atoms with Gasteiger partial charge in [-0.3, -0.25) is 4.79 Å². The van der Waals surface area contributed by atoms with E-state index in [1.54, 1.807) is 24.3 Å². The van der Waals surface area contributed by atoms with E-state index in [1.807, 2.05) is 0 Å². The lowest BCUT2D eigenvalue weighted by Gasteiger charge is -2.26. The van der Waals surface area contributed by atoms with Gasteiger partial charge in [0.15, 0.2) is 0 Å². The van der Waals surface area contributed by atoms with E-state index in [1.165, 1.54) is 4.90 Å². The van der Waals surface area contributed by atoms with E-state index in [2.05, 4.69) is 5.32 Å². The second kappa shape index (κ2) is 9.65. The molecule has 5 nitrogen and oxygen atoms in total. The predicted octanol–water partition coefficient (Wildman–Crippen LogP) is 4.92. The largest absolute Gasteiger partial charge is 0.416 e. The first-order valence-electron chi connectivity index (χ1n) is 10.1. The van der Waals surface area contributed by atoms with Gasteiger partial charge in [-0.15, -0.1) is 0 Å². The number of hydrogen-bond acceptors (Lipinski definition) is 4. The van der Waals surface area contributed by atoms with Crippen molar-refractivity contribution in [2.45, 2.75) is 37.8 Å². The molecule has 1 heterocycles. The van der Waals surface area contributed by atoms with Gasteiger partial charge in [-0.1, -0.05) is 29.8 Å². The fourth-order valence-corrected chi connectivity index (χ4v) is 4.02. The highest BCUT2D eigenvalue weighted by Crippen LogP contribution is 2.37. The summed E-state index contributed by atoms with van der Waals surface area (Å²) in [6, 6.07) is 7.84. The molecular weight excluding hydrogens is 486 g/mol. The number of nitrogens with zero attached hydrogens (tertiary/aromatic N) is 1. The van der Waals surface area contributed by atoms with Gasteiger partial charge in [0.05, 0.1) is 17.2 Å². The average molecular weight is 507 g/mol. The maximum Gasteiger partial charge on any atom is 0.416 e. The molecule has 0 saturated carbocycles. The lowest BCUT2D eigenvalue weighted by atomic mass is 10.0. The van der Waals surface area contributed by atoms with Gasteiger partial charge in [-0.05, 0) is 48.2 Å². The van der Waals surface area contributed by atoms with Crippen molar-refractivity contribution in [1.29, 1.82) is 0 Å². The smallest absolute Gasteiger partial charge is 0.391 e. The standard InChI is InChI=1S/C22H21ClF6N4O/c23-16-5-2-1-4-15(16)17-6-3-7-33(17)20(34)18(30)19(31)32-11-12-8-13(21(24,25)26)10-14(9-12)22(27,28)29/h1-2,4-5,8-10,17,32H,3,6-7,11,30-31H2/b19-18-/t17-/m1/s1. The molecule has 184 valence electrons. The topological polar surface area (TPSA) is 84.4 Å². The normalized spacial score (nSPS) is 17.5. The molecule has 1 amide bonds. The Bertz CT molecular complexity index is 1070. The highest BCUT2D eigenvalue weighted by Gasteiger charge is 2.37. The van der Waals surface area contributed by atoms with E-state index in [0.29, 0.717) is 36.5 Å². The van der Waals surface area contributed by atoms with Crippen molar-refractivity contribution < 1.29 is 31.1 Å². The third-order valence-corrected chi connectivity index (χ3v) is 5.77. The summed E-state index contributed by atoms with van der Waals surface area (Å²) in [7, 11) is 0. The second-order valence-corrected chi connectivity index (χ2v) is 8.18. The van der Waals surface area contributed by atoms with Crippen LogP contribution in [0.5, 0.6) is 0 Å². The van der Waals surface area contributed by atoms with Gasteiger partial charge in [-0.25, -0.2) is 0 Å². The van der Waals surface area contributed by atoms with E-state index in [-0.39, 0.29) is 23.5 Å². The molecule has 34 heavy (non-hydrogen) atoms. The van der Waals surface area contributed by atoms with Crippen LogP contribution >= 0.6 is 11.6 Å². The lowest BCUT2D eigenvalue weighted by Crippen LogP contribution is -2.38. The van der Waals surface area contributed by atoms with Crippen molar-refractivity contribution in [1.82, 2.24) is 10.2 Å². The molecule has 0 unspecified atom stereocenters. The molecule has 3 rings (SSSR count). The lowest BCUT2D eigenvalue weighted by molar-refractivity contribution is -0.143. The number of amides is 1. The van der Waals surface area contributed by atoms with E-state index in [9.17, 15) is 31.1 Å². The zero-order valence-corrected chi connectivity index (χ0v) is 18.4. The van der Waals surface area contributed by atoms with Crippen LogP contribution in [0.15, 0.2) is 54.0 Å². The van der Waals surface area contributed by atoms with Crippen LogP contribution in [-0.4, -0.2) is 17.4 Å². The van der Waals surface area contributed by atoms with Crippen molar-refractivity contribution in [2.24, 2.45) is 11.5 Å². The Morgan fingerprint density at radius 2 is 1.62 bits per heavy atom. The molecule has 0 aliphatic carbocycles. The average Bonchev–Trinajstić information content (AvgIpc) is 3.25. The molecule has 5 N–H and O–H groups in total. The number of benzene rings is 2. The molecule has 0 spiro atoms. The van der Waals surface area contributed by atoms with E-state index < -0.39 is 41.6 Å². The minimum Gasteiger partial charge on any atom is -0.391 e. The summed E-state index contributed by atoms with van der Waals surface area (Å²) in [5.41, 5.74) is 8.80. The summed E-state index contributed by atoms with van der Waals surface area (Å²) in [5, 5.41) is 2.93. The highest BCUT2D eigenvalue weighted by molar-refractivity contribution is 6.31. The summed E-state index contributed by atoms with van der Waals surface area (Å²) in [4.78, 5) is 14.4. The number of halogens is 7. The van der Waals surface area contributed by atoms with E-state index in [4.69, 9.17) is 23.1 Å². The number of nitrogens with two attached hydrogens (primary N) is 2. The molecule has 1 saturated heterocycles. The van der Waals surface area contributed by atoms with Crippen LogP contribution < -0.4 is 16.8 Å². The molecule has 1 aliphatic heterocycles. The minimum atomic E-state index is -4.98. The molecule has 12 heteroatoms. The Morgan fingerprint density at radius 1 is 1.03 bits per heavy atom. The summed E-state index contributed by atoms with van der Waals surface area (Å²) < 4.78 is 78.3. The second-order valence-electron chi connectivity index (χ2n) is 7.77. The van der Waals surface area contributed by atoms with Crippen LogP contribution in [-0.2, 0) is 23.7 Å². The number of hydrogen-bond donors (Lipinski definition) is 3. The first-order chi connectivity index (χ1) is 15.8. The van der Waals surface area contributed by atoms with E-state index in [0.717, 1.165) is 5.56 Å². The fourth-order valence-electron chi connectivity index (χ4n) is 3.76. The Hall–Kier alpha value is -3.08. The molecule has 1 aliphatic rings. The molecule has 2 aromatic rings. The molecule has 2 aromatic carbocycles. The minimum absolute atomic E-state index is 0.0306. The monoisotopic (exact) mass is 506 g/mol. The molecule has 1 fully saturated rings. The number of rotatable bonds is 5. The van der Waals surface area contributed by atoms with Gasteiger partial charge >= 0.3 is 12.4 Å². The van der Waals surface area contributed by atoms with Crippen LogP contribution in [0.1, 0.15) is 41.1 Å². The van der Waals surface area contributed by atoms with Gasteiger partial charge in [0.25, 0.3) is 5.91 Å². The molecule has 0 radical (unpaired) electrons. The SMILES string of the molecule is N/C(NCc1cc(C(F)(F)F)cc(C(F)(F)F)c1)=C(/N)C(=O)N1CCC[C@@H]1c1ccccc1Cl. The fraction of sp³-hybridized carbons (Fsp3) is 0.318. The summed E-state index contributed by atoms with van der Waals surface area (Å²) in [5.74, 6) is -0.978. The van der Waals surface area contributed by atoms with Crippen molar-refractivity contribution >= 4 is 17.5 Å². The molecule has 1 atom stereocenters. The molecule has 0 aromatic heterocycles. The van der Waals surface area contributed by atoms with Gasteiger partial charge in [-0.2, -0.15) is 26.3 Å². The maximum absolute atomic E-state index is 13.0. The zero-order valence-electron chi connectivity index (χ0n) is 17.6. The van der Waals surface area contributed by atoms with E-state index >= 15 is 0 Å². The number of carbonyl (C=O) groups is 1.